The minimum atomic E-state index is -0.467. The van der Waals surface area contributed by atoms with Crippen LogP contribution >= 0.6 is 0 Å². The number of fused-ring (bicyclic) bond motifs is 1. The molecule has 3 aromatic rings. The number of benzene rings is 1. The van der Waals surface area contributed by atoms with Gasteiger partial charge in [0.1, 0.15) is 6.54 Å². The highest BCUT2D eigenvalue weighted by Crippen LogP contribution is 2.14. The second-order valence-electron chi connectivity index (χ2n) is 7.06. The van der Waals surface area contributed by atoms with E-state index in [0.29, 0.717) is 6.54 Å². The highest BCUT2D eigenvalue weighted by molar-refractivity contribution is 5.78. The summed E-state index contributed by atoms with van der Waals surface area (Å²) in [5, 5.41) is 0. The molecule has 0 radical (unpaired) electrons. The third-order valence-corrected chi connectivity index (χ3v) is 4.82. The van der Waals surface area contributed by atoms with E-state index in [1.165, 1.54) is 22.5 Å². The molecule has 1 aromatic carbocycles. The van der Waals surface area contributed by atoms with Crippen LogP contribution in [-0.2, 0) is 32.0 Å². The summed E-state index contributed by atoms with van der Waals surface area (Å²) in [5.74, 6) is -0.160. The molecule has 9 heteroatoms. The molecule has 28 heavy (non-hydrogen) atoms. The Kier molecular flexibility index (Phi) is 5.08. The second kappa shape index (κ2) is 7.34. The third-order valence-electron chi connectivity index (χ3n) is 4.82. The van der Waals surface area contributed by atoms with Crippen molar-refractivity contribution >= 4 is 22.8 Å². The van der Waals surface area contributed by atoms with Crippen LogP contribution in [0.4, 0.5) is 5.69 Å². The Morgan fingerprint density at radius 3 is 2.29 bits per heavy atom. The predicted octanol–water partition coefficient (Wildman–Crippen LogP) is 0.158. The summed E-state index contributed by atoms with van der Waals surface area (Å²) in [4.78, 5) is 44.9. The van der Waals surface area contributed by atoms with Crippen LogP contribution in [0.25, 0.3) is 11.2 Å². The van der Waals surface area contributed by atoms with Crippen molar-refractivity contribution in [3.05, 3.63) is 57.0 Å². The van der Waals surface area contributed by atoms with Gasteiger partial charge in [-0.25, -0.2) is 9.78 Å². The number of likely N-dealkylation sites (N-methyl/N-ethyl adjacent to an activating group) is 1. The van der Waals surface area contributed by atoms with E-state index in [9.17, 15) is 14.4 Å². The lowest BCUT2D eigenvalue weighted by Crippen LogP contribution is -2.38. The lowest BCUT2D eigenvalue weighted by Gasteiger charge is -2.19. The first-order valence-corrected chi connectivity index (χ1v) is 8.81. The van der Waals surface area contributed by atoms with E-state index >= 15 is 0 Å². The van der Waals surface area contributed by atoms with E-state index < -0.39 is 11.2 Å². The number of carbonyl (C=O) groups excluding carboxylic acids is 1. The first kappa shape index (κ1) is 19.4. The molecular formula is C19H24N6O3. The summed E-state index contributed by atoms with van der Waals surface area (Å²) in [6.45, 7) is 0.423. The zero-order valence-electron chi connectivity index (χ0n) is 16.7. The number of nitrogens with zero attached hydrogens (tertiary/aromatic N) is 6. The van der Waals surface area contributed by atoms with Gasteiger partial charge in [-0.15, -0.1) is 0 Å². The van der Waals surface area contributed by atoms with Gasteiger partial charge in [0.2, 0.25) is 5.91 Å². The van der Waals surface area contributed by atoms with E-state index in [1.54, 1.807) is 19.0 Å². The van der Waals surface area contributed by atoms with Crippen molar-refractivity contribution in [2.75, 3.05) is 26.0 Å². The Morgan fingerprint density at radius 1 is 1.04 bits per heavy atom. The van der Waals surface area contributed by atoms with Gasteiger partial charge in [0.25, 0.3) is 5.56 Å². The summed E-state index contributed by atoms with van der Waals surface area (Å²) < 4.78 is 3.81. The summed E-state index contributed by atoms with van der Waals surface area (Å²) in [6.07, 6.45) is 1.42. The van der Waals surface area contributed by atoms with Crippen LogP contribution in [0.1, 0.15) is 5.56 Å². The number of imidazole rings is 1. The Morgan fingerprint density at radius 2 is 1.68 bits per heavy atom. The average molecular weight is 384 g/mol. The zero-order valence-corrected chi connectivity index (χ0v) is 16.7. The van der Waals surface area contributed by atoms with Crippen molar-refractivity contribution in [2.45, 2.75) is 13.1 Å². The van der Waals surface area contributed by atoms with Crippen molar-refractivity contribution in [3.8, 4) is 0 Å². The molecule has 1 amide bonds. The van der Waals surface area contributed by atoms with Gasteiger partial charge in [-0.05, 0) is 17.7 Å². The van der Waals surface area contributed by atoms with Crippen LogP contribution in [0.3, 0.4) is 0 Å². The van der Waals surface area contributed by atoms with Crippen LogP contribution in [0.2, 0.25) is 0 Å². The van der Waals surface area contributed by atoms with Gasteiger partial charge in [-0.2, -0.15) is 0 Å². The number of amides is 1. The van der Waals surface area contributed by atoms with Crippen LogP contribution < -0.4 is 16.1 Å². The van der Waals surface area contributed by atoms with Gasteiger partial charge >= 0.3 is 5.69 Å². The van der Waals surface area contributed by atoms with Crippen LogP contribution in [0.5, 0.6) is 0 Å². The lowest BCUT2D eigenvalue weighted by molar-refractivity contribution is -0.131. The van der Waals surface area contributed by atoms with Crippen LogP contribution in [-0.4, -0.2) is 50.6 Å². The Labute approximate surface area is 162 Å². The normalized spacial score (nSPS) is 11.0. The van der Waals surface area contributed by atoms with E-state index in [0.717, 1.165) is 15.8 Å². The minimum absolute atomic E-state index is 0.0315. The molecular weight excluding hydrogens is 360 g/mol. The fourth-order valence-corrected chi connectivity index (χ4v) is 3.04. The van der Waals surface area contributed by atoms with Crippen molar-refractivity contribution in [2.24, 2.45) is 14.1 Å². The number of aryl methyl sites for hydroxylation is 1. The van der Waals surface area contributed by atoms with Gasteiger partial charge in [0.05, 0.1) is 6.33 Å². The fourth-order valence-electron chi connectivity index (χ4n) is 3.04. The molecule has 0 aliphatic heterocycles. The standard InChI is InChI=1S/C19H24N6O3/c1-21(2)14-8-6-13(7-9-14)10-22(3)15(26)11-25-12-20-17-16(25)18(27)24(5)19(28)23(17)4/h6-9,12H,10-11H2,1-5H3. The van der Waals surface area contributed by atoms with Crippen LogP contribution in [0.15, 0.2) is 40.2 Å². The largest absolute Gasteiger partial charge is 0.378 e. The molecule has 2 aromatic heterocycles. The summed E-state index contributed by atoms with van der Waals surface area (Å²) >= 11 is 0. The topological polar surface area (TPSA) is 85.4 Å². The molecule has 3 rings (SSSR count). The number of carbonyl (C=O) groups is 1. The molecule has 0 aliphatic carbocycles. The molecule has 0 unspecified atom stereocenters. The van der Waals surface area contributed by atoms with E-state index in [1.807, 2.05) is 43.3 Å². The first-order valence-electron chi connectivity index (χ1n) is 8.81. The number of hydrogen-bond acceptors (Lipinski definition) is 5. The monoisotopic (exact) mass is 384 g/mol. The maximum Gasteiger partial charge on any atom is 0.332 e. The maximum atomic E-state index is 12.7. The summed E-state index contributed by atoms with van der Waals surface area (Å²) in [5.41, 5.74) is 1.68. The maximum absolute atomic E-state index is 12.7. The smallest absolute Gasteiger partial charge is 0.332 e. The fraction of sp³-hybridized carbons (Fsp3) is 0.368. The van der Waals surface area contributed by atoms with Crippen molar-refractivity contribution in [1.29, 1.82) is 0 Å². The molecule has 2 heterocycles. The van der Waals surface area contributed by atoms with E-state index in [-0.39, 0.29) is 23.6 Å². The Balaban J connectivity index is 1.81. The van der Waals surface area contributed by atoms with E-state index in [2.05, 4.69) is 4.98 Å². The molecule has 148 valence electrons. The van der Waals surface area contributed by atoms with Crippen molar-refractivity contribution < 1.29 is 4.79 Å². The number of hydrogen-bond donors (Lipinski definition) is 0. The predicted molar refractivity (Wildman–Crippen MR) is 107 cm³/mol. The summed E-state index contributed by atoms with van der Waals surface area (Å²) in [7, 11) is 8.62. The van der Waals surface area contributed by atoms with E-state index in [4.69, 9.17) is 0 Å². The van der Waals surface area contributed by atoms with Gasteiger partial charge in [-0.1, -0.05) is 12.1 Å². The van der Waals surface area contributed by atoms with Crippen LogP contribution in [0, 0.1) is 0 Å². The molecule has 0 atom stereocenters. The van der Waals surface area contributed by atoms with Crippen molar-refractivity contribution in [3.63, 3.8) is 0 Å². The number of anilines is 1. The van der Waals surface area contributed by atoms with Crippen molar-refractivity contribution in [1.82, 2.24) is 23.6 Å². The molecule has 0 saturated heterocycles. The molecule has 0 spiro atoms. The molecule has 0 bridgehead atoms. The van der Waals surface area contributed by atoms with Gasteiger partial charge in [-0.3, -0.25) is 18.7 Å². The number of aromatic nitrogens is 4. The molecule has 0 saturated carbocycles. The molecule has 9 nitrogen and oxygen atoms in total. The second-order valence-corrected chi connectivity index (χ2v) is 7.06. The molecule has 0 N–H and O–H groups in total. The zero-order chi connectivity index (χ0) is 20.6. The summed E-state index contributed by atoms with van der Waals surface area (Å²) in [6, 6.07) is 7.97. The molecule has 0 aliphatic rings. The minimum Gasteiger partial charge on any atom is -0.378 e. The lowest BCUT2D eigenvalue weighted by atomic mass is 10.2. The molecule has 0 fully saturated rings. The number of rotatable bonds is 5. The van der Waals surface area contributed by atoms with Gasteiger partial charge < -0.3 is 14.4 Å². The SMILES string of the molecule is CN(Cc1ccc(N(C)C)cc1)C(=O)Cn1cnc2c1c(=O)n(C)c(=O)n2C. The highest BCUT2D eigenvalue weighted by Gasteiger charge is 2.17. The Hall–Kier alpha value is -3.36. The first-order chi connectivity index (χ1) is 13.2. The average Bonchev–Trinajstić information content (AvgIpc) is 3.08. The quantitative estimate of drug-likeness (QED) is 0.626. The Bertz CT molecular complexity index is 1140. The van der Waals surface area contributed by atoms with Gasteiger partial charge in [0.15, 0.2) is 11.2 Å². The van der Waals surface area contributed by atoms with Gasteiger partial charge in [0, 0.05) is 47.5 Å². The third kappa shape index (κ3) is 3.42. The highest BCUT2D eigenvalue weighted by atomic mass is 16.2.